The van der Waals surface area contributed by atoms with E-state index in [-0.39, 0.29) is 16.7 Å². The van der Waals surface area contributed by atoms with Crippen molar-refractivity contribution >= 4 is 33.3 Å². The van der Waals surface area contributed by atoms with Crippen molar-refractivity contribution in [3.8, 4) is 0 Å². The van der Waals surface area contributed by atoms with Gasteiger partial charge in [0.2, 0.25) is 5.91 Å². The monoisotopic (exact) mass is 375 g/mol. The van der Waals surface area contributed by atoms with Crippen molar-refractivity contribution in [3.05, 3.63) is 54.6 Å². The van der Waals surface area contributed by atoms with Gasteiger partial charge in [-0.1, -0.05) is 32.0 Å². The van der Waals surface area contributed by atoms with Gasteiger partial charge in [-0.2, -0.15) is 0 Å². The molecule has 2 rings (SSSR count). The number of carbonyl (C=O) groups is 2. The molecule has 0 fully saturated rings. The molecule has 0 saturated carbocycles. The van der Waals surface area contributed by atoms with Crippen LogP contribution in [0.4, 0.5) is 16.2 Å². The third kappa shape index (κ3) is 4.82. The number of nitrogens with one attached hydrogen (secondary N) is 2. The van der Waals surface area contributed by atoms with Crippen LogP contribution in [0.1, 0.15) is 13.8 Å². The van der Waals surface area contributed by atoms with Crippen LogP contribution in [0.5, 0.6) is 0 Å². The van der Waals surface area contributed by atoms with Crippen molar-refractivity contribution in [1.29, 1.82) is 0 Å². The normalized spacial score (nSPS) is 11.1. The minimum absolute atomic E-state index is 0.000629. The molecule has 138 valence electrons. The van der Waals surface area contributed by atoms with Gasteiger partial charge in [-0.05, 0) is 36.4 Å². The second kappa shape index (κ2) is 8.01. The zero-order valence-corrected chi connectivity index (χ0v) is 15.6. The number of benzene rings is 2. The molecule has 0 unspecified atom stereocenters. The van der Waals surface area contributed by atoms with E-state index in [0.717, 1.165) is 0 Å². The number of nitrogens with zero attached hydrogens (tertiary/aromatic N) is 1. The lowest BCUT2D eigenvalue weighted by Gasteiger charge is -2.19. The van der Waals surface area contributed by atoms with E-state index in [1.807, 2.05) is 18.6 Å². The molecule has 3 amide bonds. The van der Waals surface area contributed by atoms with E-state index < -0.39 is 16.1 Å². The SMILES string of the molecule is CC(C)C(=O)N(C)c1ccc(NC(=O)NS(=O)(=O)c2ccccc2)cc1. The van der Waals surface area contributed by atoms with Crippen LogP contribution in [0.15, 0.2) is 59.5 Å². The molecule has 0 bridgehead atoms. The van der Waals surface area contributed by atoms with Crippen molar-refractivity contribution in [2.45, 2.75) is 18.7 Å². The van der Waals surface area contributed by atoms with Crippen molar-refractivity contribution in [2.75, 3.05) is 17.3 Å². The maximum absolute atomic E-state index is 12.1. The van der Waals surface area contributed by atoms with Gasteiger partial charge in [-0.15, -0.1) is 0 Å². The molecule has 0 radical (unpaired) electrons. The first-order valence-electron chi connectivity index (χ1n) is 7.97. The second-order valence-electron chi connectivity index (χ2n) is 5.97. The molecule has 0 aliphatic rings. The number of sulfonamides is 1. The van der Waals surface area contributed by atoms with Crippen LogP contribution in [0.25, 0.3) is 0 Å². The van der Waals surface area contributed by atoms with Gasteiger partial charge in [0.1, 0.15) is 0 Å². The molecule has 8 heteroatoms. The maximum Gasteiger partial charge on any atom is 0.333 e. The van der Waals surface area contributed by atoms with Crippen LogP contribution in [0.3, 0.4) is 0 Å². The van der Waals surface area contributed by atoms with Gasteiger partial charge in [0.15, 0.2) is 0 Å². The Hall–Kier alpha value is -2.87. The van der Waals surface area contributed by atoms with E-state index in [1.54, 1.807) is 49.5 Å². The molecule has 0 aliphatic heterocycles. The predicted molar refractivity (Wildman–Crippen MR) is 100 cm³/mol. The van der Waals surface area contributed by atoms with Gasteiger partial charge in [-0.3, -0.25) is 4.79 Å². The highest BCUT2D eigenvalue weighted by atomic mass is 32.2. The highest BCUT2D eigenvalue weighted by molar-refractivity contribution is 7.90. The van der Waals surface area contributed by atoms with Crippen molar-refractivity contribution < 1.29 is 18.0 Å². The highest BCUT2D eigenvalue weighted by Crippen LogP contribution is 2.18. The number of hydrogen-bond acceptors (Lipinski definition) is 4. The summed E-state index contributed by atoms with van der Waals surface area (Å²) in [5, 5.41) is 2.45. The molecule has 2 aromatic rings. The quantitative estimate of drug-likeness (QED) is 0.840. The van der Waals surface area contributed by atoms with Gasteiger partial charge in [-0.25, -0.2) is 17.9 Å². The first-order valence-corrected chi connectivity index (χ1v) is 9.45. The number of anilines is 2. The predicted octanol–water partition coefficient (Wildman–Crippen LogP) is 2.82. The summed E-state index contributed by atoms with van der Waals surface area (Å²) in [5.41, 5.74) is 1.08. The summed E-state index contributed by atoms with van der Waals surface area (Å²) in [6.07, 6.45) is 0. The summed E-state index contributed by atoms with van der Waals surface area (Å²) in [7, 11) is -2.27. The Balaban J connectivity index is 2.03. The molecule has 2 N–H and O–H groups in total. The van der Waals surface area contributed by atoms with Crippen LogP contribution >= 0.6 is 0 Å². The Morgan fingerprint density at radius 3 is 2.08 bits per heavy atom. The minimum atomic E-state index is -3.94. The van der Waals surface area contributed by atoms with Gasteiger partial charge in [0.05, 0.1) is 4.90 Å². The third-order valence-corrected chi connectivity index (χ3v) is 4.96. The molecular weight excluding hydrogens is 354 g/mol. The molecule has 0 heterocycles. The molecule has 0 atom stereocenters. The molecule has 0 spiro atoms. The molecular formula is C18H21N3O4S. The molecule has 0 saturated heterocycles. The molecule has 0 aliphatic carbocycles. The Labute approximate surface area is 153 Å². The number of urea groups is 1. The van der Waals surface area contributed by atoms with Crippen molar-refractivity contribution in [3.63, 3.8) is 0 Å². The van der Waals surface area contributed by atoms with E-state index in [9.17, 15) is 18.0 Å². The molecule has 0 aromatic heterocycles. The van der Waals surface area contributed by atoms with Crippen LogP contribution in [0, 0.1) is 5.92 Å². The van der Waals surface area contributed by atoms with E-state index >= 15 is 0 Å². The zero-order valence-electron chi connectivity index (χ0n) is 14.8. The van der Waals surface area contributed by atoms with Crippen molar-refractivity contribution in [1.82, 2.24) is 4.72 Å². The number of carbonyl (C=O) groups excluding carboxylic acids is 2. The Kier molecular flexibility index (Phi) is 5.99. The second-order valence-corrected chi connectivity index (χ2v) is 7.65. The zero-order chi connectivity index (χ0) is 19.3. The largest absolute Gasteiger partial charge is 0.333 e. The van der Waals surface area contributed by atoms with E-state index in [2.05, 4.69) is 5.32 Å². The van der Waals surface area contributed by atoms with Gasteiger partial charge < -0.3 is 10.2 Å². The van der Waals surface area contributed by atoms with Crippen LogP contribution in [-0.4, -0.2) is 27.4 Å². The topological polar surface area (TPSA) is 95.6 Å². The molecule has 2 aromatic carbocycles. The average Bonchev–Trinajstić information content (AvgIpc) is 2.61. The van der Waals surface area contributed by atoms with Gasteiger partial charge >= 0.3 is 6.03 Å². The summed E-state index contributed by atoms with van der Waals surface area (Å²) in [6.45, 7) is 3.62. The molecule has 26 heavy (non-hydrogen) atoms. The Morgan fingerprint density at radius 1 is 0.962 bits per heavy atom. The Bertz CT molecular complexity index is 878. The highest BCUT2D eigenvalue weighted by Gasteiger charge is 2.18. The maximum atomic E-state index is 12.1. The average molecular weight is 375 g/mol. The van der Waals surface area contributed by atoms with E-state index in [0.29, 0.717) is 11.4 Å². The van der Waals surface area contributed by atoms with Crippen molar-refractivity contribution in [2.24, 2.45) is 5.92 Å². The lowest BCUT2D eigenvalue weighted by Crippen LogP contribution is -2.34. The standard InChI is InChI=1S/C18H21N3O4S/c1-13(2)17(22)21(3)15-11-9-14(10-12-15)19-18(23)20-26(24,25)16-7-5-4-6-8-16/h4-13H,1-3H3,(H2,19,20,23). The van der Waals surface area contributed by atoms with Gasteiger partial charge in [0.25, 0.3) is 10.0 Å². The number of rotatable bonds is 5. The van der Waals surface area contributed by atoms with Gasteiger partial charge in [0, 0.05) is 24.3 Å². The summed E-state index contributed by atoms with van der Waals surface area (Å²) in [5.74, 6) is -0.163. The first-order chi connectivity index (χ1) is 12.2. The summed E-state index contributed by atoms with van der Waals surface area (Å²) < 4.78 is 26.1. The summed E-state index contributed by atoms with van der Waals surface area (Å²) >= 11 is 0. The van der Waals surface area contributed by atoms with E-state index in [4.69, 9.17) is 0 Å². The fourth-order valence-corrected chi connectivity index (χ4v) is 3.15. The number of hydrogen-bond donors (Lipinski definition) is 2. The fraction of sp³-hybridized carbons (Fsp3) is 0.222. The lowest BCUT2D eigenvalue weighted by molar-refractivity contribution is -0.121. The smallest absolute Gasteiger partial charge is 0.315 e. The fourth-order valence-electron chi connectivity index (χ4n) is 2.22. The van der Waals surface area contributed by atoms with Crippen LogP contribution < -0.4 is 14.9 Å². The lowest BCUT2D eigenvalue weighted by atomic mass is 10.2. The van der Waals surface area contributed by atoms with E-state index in [1.165, 1.54) is 17.0 Å². The third-order valence-electron chi connectivity index (χ3n) is 3.62. The van der Waals surface area contributed by atoms with Crippen LogP contribution in [0.2, 0.25) is 0 Å². The molecule has 7 nitrogen and oxygen atoms in total. The summed E-state index contributed by atoms with van der Waals surface area (Å²) in [4.78, 5) is 25.5. The summed E-state index contributed by atoms with van der Waals surface area (Å²) in [6, 6.07) is 13.3. The Morgan fingerprint density at radius 2 is 1.54 bits per heavy atom. The van der Waals surface area contributed by atoms with Crippen LogP contribution in [-0.2, 0) is 14.8 Å². The number of amides is 3. The first kappa shape index (κ1) is 19.5. The minimum Gasteiger partial charge on any atom is -0.315 e.